The average Bonchev–Trinajstić information content (AvgIpc) is 2.72. The van der Waals surface area contributed by atoms with Crippen molar-refractivity contribution < 1.29 is 19.1 Å². The Bertz CT molecular complexity index is 741. The molecule has 3 rings (SSSR count). The lowest BCUT2D eigenvalue weighted by Crippen LogP contribution is -2.51. The van der Waals surface area contributed by atoms with E-state index >= 15 is 0 Å². The van der Waals surface area contributed by atoms with Gasteiger partial charge >= 0.3 is 0 Å². The maximum absolute atomic E-state index is 12.4. The summed E-state index contributed by atoms with van der Waals surface area (Å²) >= 11 is 0. The molecule has 136 valence electrons. The second kappa shape index (κ2) is 8.33. The molecule has 2 amide bonds. The van der Waals surface area contributed by atoms with Crippen molar-refractivity contribution in [2.24, 2.45) is 0 Å². The van der Waals surface area contributed by atoms with E-state index in [9.17, 15) is 9.59 Å². The van der Waals surface area contributed by atoms with Crippen molar-refractivity contribution in [2.75, 3.05) is 39.9 Å². The van der Waals surface area contributed by atoms with Crippen LogP contribution in [0.15, 0.2) is 48.8 Å². The van der Waals surface area contributed by atoms with Crippen molar-refractivity contribution in [3.05, 3.63) is 54.4 Å². The summed E-state index contributed by atoms with van der Waals surface area (Å²) < 4.78 is 10.6. The van der Waals surface area contributed by atoms with Gasteiger partial charge in [0, 0.05) is 44.1 Å². The summed E-state index contributed by atoms with van der Waals surface area (Å²) in [6, 6.07) is 10.5. The SMILES string of the molecule is COc1ccc(OCC(=O)N2CCN(C(=O)c3ccncc3)CC2)cc1. The van der Waals surface area contributed by atoms with Gasteiger partial charge in [-0.05, 0) is 36.4 Å². The molecule has 7 heteroatoms. The maximum Gasteiger partial charge on any atom is 0.260 e. The summed E-state index contributed by atoms with van der Waals surface area (Å²) in [6.45, 7) is 2.00. The number of rotatable bonds is 5. The van der Waals surface area contributed by atoms with E-state index in [0.717, 1.165) is 5.75 Å². The van der Waals surface area contributed by atoms with Crippen LogP contribution in [0, 0.1) is 0 Å². The number of carbonyl (C=O) groups excluding carboxylic acids is 2. The van der Waals surface area contributed by atoms with E-state index in [2.05, 4.69) is 4.98 Å². The maximum atomic E-state index is 12.4. The third-order valence-electron chi connectivity index (χ3n) is 4.27. The molecular weight excluding hydrogens is 334 g/mol. The number of ether oxygens (including phenoxy) is 2. The molecule has 1 aromatic carbocycles. The molecule has 7 nitrogen and oxygen atoms in total. The zero-order valence-corrected chi connectivity index (χ0v) is 14.6. The Morgan fingerprint density at radius 3 is 2.12 bits per heavy atom. The fraction of sp³-hybridized carbons (Fsp3) is 0.316. The number of carbonyl (C=O) groups is 2. The van der Waals surface area contributed by atoms with Crippen molar-refractivity contribution in [3.63, 3.8) is 0 Å². The zero-order chi connectivity index (χ0) is 18.4. The van der Waals surface area contributed by atoms with Crippen molar-refractivity contribution in [1.82, 2.24) is 14.8 Å². The molecule has 0 aliphatic carbocycles. The van der Waals surface area contributed by atoms with Gasteiger partial charge in [-0.15, -0.1) is 0 Å². The number of piperazine rings is 1. The van der Waals surface area contributed by atoms with Crippen molar-refractivity contribution in [1.29, 1.82) is 0 Å². The van der Waals surface area contributed by atoms with E-state index in [4.69, 9.17) is 9.47 Å². The Labute approximate surface area is 152 Å². The predicted octanol–water partition coefficient (Wildman–Crippen LogP) is 1.45. The van der Waals surface area contributed by atoms with E-state index < -0.39 is 0 Å². The summed E-state index contributed by atoms with van der Waals surface area (Å²) in [5.41, 5.74) is 0.614. The number of pyridine rings is 1. The van der Waals surface area contributed by atoms with Crippen LogP contribution in [-0.4, -0.2) is 66.5 Å². The Hall–Kier alpha value is -3.09. The summed E-state index contributed by atoms with van der Waals surface area (Å²) in [5, 5.41) is 0. The van der Waals surface area contributed by atoms with E-state index in [1.165, 1.54) is 0 Å². The number of aromatic nitrogens is 1. The van der Waals surface area contributed by atoms with Gasteiger partial charge in [0.05, 0.1) is 7.11 Å². The van der Waals surface area contributed by atoms with Crippen LogP contribution in [-0.2, 0) is 4.79 Å². The van der Waals surface area contributed by atoms with Crippen LogP contribution in [0.25, 0.3) is 0 Å². The largest absolute Gasteiger partial charge is 0.497 e. The molecule has 1 saturated heterocycles. The van der Waals surface area contributed by atoms with Crippen LogP contribution in [0.5, 0.6) is 11.5 Å². The summed E-state index contributed by atoms with van der Waals surface area (Å²) in [5.74, 6) is 1.23. The minimum atomic E-state index is -0.0863. The number of hydrogen-bond donors (Lipinski definition) is 0. The molecular formula is C19H21N3O4. The molecule has 2 heterocycles. The minimum Gasteiger partial charge on any atom is -0.497 e. The second-order valence-corrected chi connectivity index (χ2v) is 5.87. The van der Waals surface area contributed by atoms with Gasteiger partial charge in [-0.1, -0.05) is 0 Å². The zero-order valence-electron chi connectivity index (χ0n) is 14.6. The Balaban J connectivity index is 1.46. The van der Waals surface area contributed by atoms with Crippen LogP contribution in [0.3, 0.4) is 0 Å². The normalized spacial score (nSPS) is 14.0. The van der Waals surface area contributed by atoms with Crippen LogP contribution in [0.4, 0.5) is 0 Å². The standard InChI is InChI=1S/C19H21N3O4/c1-25-16-2-4-17(5-3-16)26-14-18(23)21-10-12-22(13-11-21)19(24)15-6-8-20-9-7-15/h2-9H,10-14H2,1H3. The number of benzene rings is 1. The number of amides is 2. The van der Waals surface area contributed by atoms with Crippen molar-refractivity contribution in [2.45, 2.75) is 0 Å². The number of hydrogen-bond acceptors (Lipinski definition) is 5. The lowest BCUT2D eigenvalue weighted by atomic mass is 10.2. The van der Waals surface area contributed by atoms with Gasteiger partial charge in [0.15, 0.2) is 6.61 Å². The Kier molecular flexibility index (Phi) is 5.68. The van der Waals surface area contributed by atoms with E-state index in [0.29, 0.717) is 37.5 Å². The first-order chi connectivity index (χ1) is 12.7. The van der Waals surface area contributed by atoms with Gasteiger partial charge in [0.2, 0.25) is 0 Å². The first-order valence-electron chi connectivity index (χ1n) is 8.41. The van der Waals surface area contributed by atoms with Gasteiger partial charge < -0.3 is 19.3 Å². The number of nitrogens with zero attached hydrogens (tertiary/aromatic N) is 3. The number of methoxy groups -OCH3 is 1. The first-order valence-corrected chi connectivity index (χ1v) is 8.41. The fourth-order valence-corrected chi connectivity index (χ4v) is 2.74. The molecule has 1 aliphatic rings. The van der Waals surface area contributed by atoms with Gasteiger partial charge in [-0.25, -0.2) is 0 Å². The lowest BCUT2D eigenvalue weighted by molar-refractivity contribution is -0.134. The van der Waals surface area contributed by atoms with Crippen LogP contribution < -0.4 is 9.47 Å². The highest BCUT2D eigenvalue weighted by atomic mass is 16.5. The highest BCUT2D eigenvalue weighted by Gasteiger charge is 2.25. The van der Waals surface area contributed by atoms with Gasteiger partial charge in [-0.2, -0.15) is 0 Å². The van der Waals surface area contributed by atoms with Gasteiger partial charge in [0.1, 0.15) is 11.5 Å². The minimum absolute atomic E-state index is 0.0232. The van der Waals surface area contributed by atoms with Gasteiger partial charge in [0.25, 0.3) is 11.8 Å². The average molecular weight is 355 g/mol. The monoisotopic (exact) mass is 355 g/mol. The van der Waals surface area contributed by atoms with Crippen molar-refractivity contribution in [3.8, 4) is 11.5 Å². The third-order valence-corrected chi connectivity index (χ3v) is 4.27. The van der Waals surface area contributed by atoms with E-state index in [-0.39, 0.29) is 18.4 Å². The molecule has 26 heavy (non-hydrogen) atoms. The molecule has 0 atom stereocenters. The predicted molar refractivity (Wildman–Crippen MR) is 95.2 cm³/mol. The molecule has 1 aliphatic heterocycles. The van der Waals surface area contributed by atoms with Crippen LogP contribution in [0.1, 0.15) is 10.4 Å². The highest BCUT2D eigenvalue weighted by Crippen LogP contribution is 2.17. The molecule has 0 spiro atoms. The van der Waals surface area contributed by atoms with E-state index in [1.54, 1.807) is 65.7 Å². The fourth-order valence-electron chi connectivity index (χ4n) is 2.74. The third kappa shape index (κ3) is 4.30. The summed E-state index contributed by atoms with van der Waals surface area (Å²) in [6.07, 6.45) is 3.20. The second-order valence-electron chi connectivity index (χ2n) is 5.87. The van der Waals surface area contributed by atoms with Crippen molar-refractivity contribution >= 4 is 11.8 Å². The summed E-state index contributed by atoms with van der Waals surface area (Å²) in [4.78, 5) is 32.1. The van der Waals surface area contributed by atoms with Crippen LogP contribution in [0.2, 0.25) is 0 Å². The lowest BCUT2D eigenvalue weighted by Gasteiger charge is -2.34. The highest BCUT2D eigenvalue weighted by molar-refractivity contribution is 5.94. The molecule has 0 unspecified atom stereocenters. The van der Waals surface area contributed by atoms with Gasteiger partial charge in [-0.3, -0.25) is 14.6 Å². The summed E-state index contributed by atoms with van der Waals surface area (Å²) in [7, 11) is 1.60. The topological polar surface area (TPSA) is 72.0 Å². The molecule has 0 bridgehead atoms. The van der Waals surface area contributed by atoms with Crippen LogP contribution >= 0.6 is 0 Å². The molecule has 1 fully saturated rings. The molecule has 0 saturated carbocycles. The molecule has 1 aromatic heterocycles. The Morgan fingerprint density at radius 1 is 0.923 bits per heavy atom. The smallest absolute Gasteiger partial charge is 0.260 e. The first kappa shape index (κ1) is 17.7. The van der Waals surface area contributed by atoms with E-state index in [1.807, 2.05) is 0 Å². The Morgan fingerprint density at radius 2 is 1.50 bits per heavy atom. The quantitative estimate of drug-likeness (QED) is 0.812. The molecule has 0 N–H and O–H groups in total. The molecule has 0 radical (unpaired) electrons. The molecule has 2 aromatic rings.